The highest BCUT2D eigenvalue weighted by Gasteiger charge is 1.92. The number of hydrogen-bond donors (Lipinski definition) is 1. The fraction of sp³-hybridized carbons (Fsp3) is 1.00. The van der Waals surface area contributed by atoms with Crippen molar-refractivity contribution in [3.63, 3.8) is 0 Å². The van der Waals surface area contributed by atoms with E-state index in [1.807, 2.05) is 0 Å². The third-order valence-corrected chi connectivity index (χ3v) is 0.667. The number of nitrogens with zero attached hydrogens (tertiary/aromatic N) is 1. The van der Waals surface area contributed by atoms with Crippen molar-refractivity contribution in [2.24, 2.45) is 0 Å². The van der Waals surface area contributed by atoms with Gasteiger partial charge in [0.05, 0.1) is 0 Å². The Kier molecular flexibility index (Phi) is 6.85. The number of rotatable bonds is 2. The van der Waals surface area contributed by atoms with Gasteiger partial charge in [-0.15, -0.1) is 0 Å². The molecule has 1 N–H and O–H groups in total. The lowest BCUT2D eigenvalue weighted by molar-refractivity contribution is 0.518. The van der Waals surface area contributed by atoms with Gasteiger partial charge in [0.25, 0.3) is 0 Å². The molecule has 0 aromatic rings. The van der Waals surface area contributed by atoms with Crippen LogP contribution in [-0.4, -0.2) is 12.1 Å². The molecule has 0 aliphatic heterocycles. The zero-order valence-corrected chi connectivity index (χ0v) is 6.10. The maximum atomic E-state index is 3.31. The van der Waals surface area contributed by atoms with Gasteiger partial charge in [-0.2, -0.15) is 0 Å². The highest BCUT2D eigenvalue weighted by atomic mass is 14.9. The van der Waals surface area contributed by atoms with Crippen molar-refractivity contribution < 1.29 is 0 Å². The quantitative estimate of drug-likeness (QED) is 0.571. The molecule has 2 heteroatoms. The van der Waals surface area contributed by atoms with Crippen molar-refractivity contribution in [1.82, 2.24) is 11.5 Å². The highest BCUT2D eigenvalue weighted by molar-refractivity contribution is 4.55. The summed E-state index contributed by atoms with van der Waals surface area (Å²) in [6.07, 6.45) is 0. The molecular formula is C6H15N2. The molecule has 0 amide bonds. The molecule has 0 rings (SSSR count). The number of nitrogens with one attached hydrogen (secondary N) is 1. The van der Waals surface area contributed by atoms with Crippen molar-refractivity contribution in [2.75, 3.05) is 0 Å². The van der Waals surface area contributed by atoms with E-state index in [0.717, 1.165) is 0 Å². The SMILES string of the molecule is CC(C)NC(C)C.[N]. The second kappa shape index (κ2) is 5.06. The van der Waals surface area contributed by atoms with Gasteiger partial charge in [-0.05, 0) is 0 Å². The van der Waals surface area contributed by atoms with Crippen molar-refractivity contribution in [3.05, 3.63) is 0 Å². The van der Waals surface area contributed by atoms with Crippen molar-refractivity contribution in [2.45, 2.75) is 39.8 Å². The third kappa shape index (κ3) is 9.33. The van der Waals surface area contributed by atoms with Gasteiger partial charge >= 0.3 is 0 Å². The van der Waals surface area contributed by atoms with E-state index in [2.05, 4.69) is 33.0 Å². The van der Waals surface area contributed by atoms with E-state index < -0.39 is 0 Å². The Morgan fingerprint density at radius 1 is 0.875 bits per heavy atom. The van der Waals surface area contributed by atoms with E-state index in [1.54, 1.807) is 0 Å². The summed E-state index contributed by atoms with van der Waals surface area (Å²) in [5.74, 6) is 0. The van der Waals surface area contributed by atoms with E-state index in [0.29, 0.717) is 12.1 Å². The lowest BCUT2D eigenvalue weighted by atomic mass is 10.3. The van der Waals surface area contributed by atoms with Gasteiger partial charge in [0.15, 0.2) is 0 Å². The molecule has 2 nitrogen and oxygen atoms in total. The standard InChI is InChI=1S/C6H15N.N/c1-5(2)7-6(3)4;/h5-7H,1-4H3;. The van der Waals surface area contributed by atoms with Gasteiger partial charge < -0.3 is 5.32 Å². The fourth-order valence-corrected chi connectivity index (χ4v) is 0.667. The van der Waals surface area contributed by atoms with E-state index in [1.165, 1.54) is 0 Å². The van der Waals surface area contributed by atoms with Crippen molar-refractivity contribution in [1.29, 1.82) is 0 Å². The van der Waals surface area contributed by atoms with E-state index in [9.17, 15) is 0 Å². The Morgan fingerprint density at radius 2 is 1.12 bits per heavy atom. The van der Waals surface area contributed by atoms with E-state index >= 15 is 0 Å². The van der Waals surface area contributed by atoms with Crippen LogP contribution in [0.2, 0.25) is 0 Å². The summed E-state index contributed by atoms with van der Waals surface area (Å²) in [5, 5.41) is 3.31. The predicted octanol–water partition coefficient (Wildman–Crippen LogP) is 0.912. The molecule has 0 atom stereocenters. The van der Waals surface area contributed by atoms with Gasteiger partial charge in [-0.3, -0.25) is 0 Å². The first-order valence-electron chi connectivity index (χ1n) is 2.89. The summed E-state index contributed by atoms with van der Waals surface area (Å²) < 4.78 is 0. The van der Waals surface area contributed by atoms with Crippen LogP contribution in [0.25, 0.3) is 0 Å². The second-order valence-electron chi connectivity index (χ2n) is 2.48. The largest absolute Gasteiger partial charge is 0.312 e. The molecule has 49 valence electrons. The van der Waals surface area contributed by atoms with Crippen LogP contribution >= 0.6 is 0 Å². The highest BCUT2D eigenvalue weighted by Crippen LogP contribution is 1.80. The van der Waals surface area contributed by atoms with Crippen LogP contribution in [0.1, 0.15) is 27.7 Å². The smallest absolute Gasteiger partial charge is 0.00127 e. The average molecular weight is 115 g/mol. The molecule has 0 heterocycles. The van der Waals surface area contributed by atoms with Crippen LogP contribution in [0.5, 0.6) is 0 Å². The first-order valence-corrected chi connectivity index (χ1v) is 2.89. The first-order chi connectivity index (χ1) is 3.13. The molecule has 0 aliphatic rings. The van der Waals surface area contributed by atoms with Gasteiger partial charge in [0, 0.05) is 18.2 Å². The van der Waals surface area contributed by atoms with Crippen molar-refractivity contribution in [3.8, 4) is 0 Å². The molecule has 0 aromatic carbocycles. The van der Waals surface area contributed by atoms with E-state index in [4.69, 9.17) is 0 Å². The molecule has 0 aliphatic carbocycles. The van der Waals surface area contributed by atoms with Crippen LogP contribution in [0.15, 0.2) is 0 Å². The monoisotopic (exact) mass is 115 g/mol. The average Bonchev–Trinajstić information content (AvgIpc) is 1.27. The number of hydrogen-bond acceptors (Lipinski definition) is 1. The predicted molar refractivity (Wildman–Crippen MR) is 35.5 cm³/mol. The minimum Gasteiger partial charge on any atom is -0.312 e. The molecule has 0 saturated carbocycles. The summed E-state index contributed by atoms with van der Waals surface area (Å²) >= 11 is 0. The third-order valence-electron chi connectivity index (χ3n) is 0.667. The fourth-order valence-electron chi connectivity index (χ4n) is 0.667. The molecule has 0 bridgehead atoms. The maximum absolute atomic E-state index is 3.31. The normalized spacial score (nSPS) is 9.75. The Bertz CT molecular complexity index is 35.8. The topological polar surface area (TPSA) is 42.5 Å². The Hall–Kier alpha value is -0.0800. The minimum atomic E-state index is 0. The zero-order valence-electron chi connectivity index (χ0n) is 6.10. The molecule has 0 saturated heterocycles. The summed E-state index contributed by atoms with van der Waals surface area (Å²) in [7, 11) is 0. The molecule has 3 radical (unpaired) electrons. The van der Waals surface area contributed by atoms with E-state index in [-0.39, 0.29) is 6.15 Å². The molecule has 8 heavy (non-hydrogen) atoms. The van der Waals surface area contributed by atoms with Crippen LogP contribution in [0.3, 0.4) is 0 Å². The summed E-state index contributed by atoms with van der Waals surface area (Å²) in [4.78, 5) is 0. The molecule has 0 unspecified atom stereocenters. The van der Waals surface area contributed by atoms with Crippen LogP contribution in [-0.2, 0) is 0 Å². The van der Waals surface area contributed by atoms with Crippen LogP contribution in [0.4, 0.5) is 0 Å². The molecular weight excluding hydrogens is 100 g/mol. The minimum absolute atomic E-state index is 0. The molecule has 0 fully saturated rings. The summed E-state index contributed by atoms with van der Waals surface area (Å²) in [6, 6.07) is 1.25. The molecule has 0 aromatic heterocycles. The van der Waals surface area contributed by atoms with Gasteiger partial charge in [0.2, 0.25) is 0 Å². The summed E-state index contributed by atoms with van der Waals surface area (Å²) in [5.41, 5.74) is 0. The lowest BCUT2D eigenvalue weighted by Crippen LogP contribution is -2.29. The zero-order chi connectivity index (χ0) is 5.86. The maximum Gasteiger partial charge on any atom is 0.00127 e. The first kappa shape index (κ1) is 10.8. The lowest BCUT2D eigenvalue weighted by Gasteiger charge is -2.10. The van der Waals surface area contributed by atoms with Gasteiger partial charge in [-0.1, -0.05) is 27.7 Å². The Labute approximate surface area is 52.2 Å². The Morgan fingerprint density at radius 3 is 1.12 bits per heavy atom. The van der Waals surface area contributed by atoms with Gasteiger partial charge in [0.1, 0.15) is 0 Å². The van der Waals surface area contributed by atoms with Crippen molar-refractivity contribution >= 4 is 0 Å². The second-order valence-corrected chi connectivity index (χ2v) is 2.48. The summed E-state index contributed by atoms with van der Waals surface area (Å²) in [6.45, 7) is 8.61. The van der Waals surface area contributed by atoms with Crippen LogP contribution in [0, 0.1) is 0 Å². The van der Waals surface area contributed by atoms with Gasteiger partial charge in [-0.25, -0.2) is 0 Å². The molecule has 0 spiro atoms. The van der Waals surface area contributed by atoms with Crippen LogP contribution < -0.4 is 11.5 Å². The Balaban J connectivity index is 0.